The highest BCUT2D eigenvalue weighted by Gasteiger charge is 2.15. The lowest BCUT2D eigenvalue weighted by molar-refractivity contribution is -0.119. The van der Waals surface area contributed by atoms with E-state index in [1.165, 1.54) is 6.92 Å². The van der Waals surface area contributed by atoms with Crippen LogP contribution in [0.25, 0.3) is 0 Å². The zero-order valence-electron chi connectivity index (χ0n) is 11.1. The number of hydrogen-bond donors (Lipinski definition) is 1. The van der Waals surface area contributed by atoms with E-state index in [4.69, 9.17) is 4.52 Å². The summed E-state index contributed by atoms with van der Waals surface area (Å²) in [5.74, 6) is -0.110. The summed E-state index contributed by atoms with van der Waals surface area (Å²) in [6.45, 7) is 4.87. The van der Waals surface area contributed by atoms with E-state index in [-0.39, 0.29) is 18.6 Å². The molecule has 0 heterocycles. The summed E-state index contributed by atoms with van der Waals surface area (Å²) in [4.78, 5) is 11.1. The molecule has 0 fully saturated rings. The average Bonchev–Trinajstić information content (AvgIpc) is 2.25. The molecule has 1 atom stereocenters. The van der Waals surface area contributed by atoms with Gasteiger partial charge in [0.25, 0.3) is 0 Å². The highest BCUT2D eigenvalue weighted by Crippen LogP contribution is 2.37. The molecule has 0 aliphatic rings. The number of carbonyl (C=O) groups is 1. The number of rotatable bonds is 6. The Morgan fingerprint density at radius 2 is 1.94 bits per heavy atom. The quantitative estimate of drug-likeness (QED) is 0.806. The minimum absolute atomic E-state index is 0.110. The molecular formula is C13H20NO3P. The van der Waals surface area contributed by atoms with Gasteiger partial charge < -0.3 is 9.84 Å². The van der Waals surface area contributed by atoms with E-state index >= 15 is 0 Å². The first-order valence-electron chi connectivity index (χ1n) is 5.87. The second-order valence-electron chi connectivity index (χ2n) is 4.63. The van der Waals surface area contributed by atoms with E-state index in [1.807, 2.05) is 30.3 Å². The van der Waals surface area contributed by atoms with E-state index in [2.05, 4.69) is 5.32 Å². The summed E-state index contributed by atoms with van der Waals surface area (Å²) < 4.78 is 16.8. The van der Waals surface area contributed by atoms with E-state index in [1.54, 1.807) is 13.3 Å². The van der Waals surface area contributed by atoms with E-state index in [9.17, 15) is 9.36 Å². The Bertz CT molecular complexity index is 427. The predicted molar refractivity (Wildman–Crippen MR) is 73.2 cm³/mol. The first-order valence-corrected chi connectivity index (χ1v) is 8.39. The molecule has 0 aromatic heterocycles. The number of amides is 1. The molecule has 0 unspecified atom stereocenters. The standard InChI is InChI=1S/C13H20NO3P/c1-11(15)14-13(10-17-18(2,3)16)9-12-7-5-4-6-8-12/h4-8,13H,9-10H2,1-3H3,(H,14,15)/t13-/m1/s1. The van der Waals surface area contributed by atoms with Crippen LogP contribution in [0.4, 0.5) is 0 Å². The molecule has 0 bridgehead atoms. The molecule has 1 rings (SSSR count). The molecule has 100 valence electrons. The smallest absolute Gasteiger partial charge is 0.217 e. The SMILES string of the molecule is CC(=O)N[C@@H](COP(C)(C)=O)Cc1ccccc1. The maximum Gasteiger partial charge on any atom is 0.217 e. The Hall–Kier alpha value is -1.12. The minimum atomic E-state index is -2.52. The lowest BCUT2D eigenvalue weighted by Crippen LogP contribution is -2.38. The zero-order chi connectivity index (χ0) is 13.6. The van der Waals surface area contributed by atoms with Crippen LogP contribution in [-0.4, -0.2) is 31.9 Å². The maximum atomic E-state index is 11.5. The summed E-state index contributed by atoms with van der Waals surface area (Å²) in [6.07, 6.45) is 0.667. The summed E-state index contributed by atoms with van der Waals surface area (Å²) >= 11 is 0. The van der Waals surface area contributed by atoms with Crippen molar-refractivity contribution < 1.29 is 13.9 Å². The summed E-state index contributed by atoms with van der Waals surface area (Å²) in [5, 5.41) is 2.82. The molecule has 0 saturated carbocycles. The van der Waals surface area contributed by atoms with Gasteiger partial charge in [-0.3, -0.25) is 9.36 Å². The van der Waals surface area contributed by atoms with Gasteiger partial charge in [0.05, 0.1) is 12.6 Å². The van der Waals surface area contributed by atoms with Crippen LogP contribution in [0.3, 0.4) is 0 Å². The third kappa shape index (κ3) is 6.58. The molecule has 0 aliphatic carbocycles. The van der Waals surface area contributed by atoms with Crippen LogP contribution in [0.2, 0.25) is 0 Å². The van der Waals surface area contributed by atoms with Crippen LogP contribution in [0.5, 0.6) is 0 Å². The maximum absolute atomic E-state index is 11.5. The van der Waals surface area contributed by atoms with Gasteiger partial charge in [-0.2, -0.15) is 0 Å². The predicted octanol–water partition coefficient (Wildman–Crippen LogP) is 2.29. The van der Waals surface area contributed by atoms with Crippen molar-refractivity contribution in [2.45, 2.75) is 19.4 Å². The van der Waals surface area contributed by atoms with Crippen LogP contribution < -0.4 is 5.32 Å². The lowest BCUT2D eigenvalue weighted by atomic mass is 10.1. The van der Waals surface area contributed by atoms with Crippen molar-refractivity contribution in [2.24, 2.45) is 0 Å². The number of carbonyl (C=O) groups excluding carboxylic acids is 1. The molecule has 5 heteroatoms. The van der Waals surface area contributed by atoms with Gasteiger partial charge in [-0.1, -0.05) is 30.3 Å². The van der Waals surface area contributed by atoms with Gasteiger partial charge in [-0.15, -0.1) is 0 Å². The number of hydrogen-bond acceptors (Lipinski definition) is 3. The summed E-state index contributed by atoms with van der Waals surface area (Å²) in [6, 6.07) is 9.67. The van der Waals surface area contributed by atoms with Crippen molar-refractivity contribution in [1.82, 2.24) is 5.32 Å². The van der Waals surface area contributed by atoms with Crippen molar-refractivity contribution in [2.75, 3.05) is 19.9 Å². The monoisotopic (exact) mass is 269 g/mol. The van der Waals surface area contributed by atoms with Gasteiger partial charge in [0.1, 0.15) is 0 Å². The third-order valence-corrected chi connectivity index (χ3v) is 3.09. The first kappa shape index (κ1) is 14.9. The molecular weight excluding hydrogens is 249 g/mol. The molecule has 1 amide bonds. The van der Waals surface area contributed by atoms with Crippen molar-refractivity contribution in [3.8, 4) is 0 Å². The Morgan fingerprint density at radius 1 is 1.33 bits per heavy atom. The van der Waals surface area contributed by atoms with Crippen molar-refractivity contribution in [1.29, 1.82) is 0 Å². The van der Waals surface area contributed by atoms with Gasteiger partial charge in [0.15, 0.2) is 7.37 Å². The molecule has 0 spiro atoms. The van der Waals surface area contributed by atoms with Crippen LogP contribution in [0, 0.1) is 0 Å². The number of benzene rings is 1. The van der Waals surface area contributed by atoms with Gasteiger partial charge >= 0.3 is 0 Å². The van der Waals surface area contributed by atoms with E-state index in [0.29, 0.717) is 6.42 Å². The molecule has 18 heavy (non-hydrogen) atoms. The fraction of sp³-hybridized carbons (Fsp3) is 0.462. The molecule has 4 nitrogen and oxygen atoms in total. The number of nitrogens with one attached hydrogen (secondary N) is 1. The van der Waals surface area contributed by atoms with Gasteiger partial charge in [0.2, 0.25) is 5.91 Å². The Kier molecular flexibility index (Phi) is 5.57. The fourth-order valence-electron chi connectivity index (χ4n) is 1.61. The van der Waals surface area contributed by atoms with Crippen LogP contribution in [0.15, 0.2) is 30.3 Å². The fourth-order valence-corrected chi connectivity index (χ4v) is 2.15. The molecule has 1 N–H and O–H groups in total. The second-order valence-corrected chi connectivity index (χ2v) is 7.40. The highest BCUT2D eigenvalue weighted by molar-refractivity contribution is 7.57. The summed E-state index contributed by atoms with van der Waals surface area (Å²) in [7, 11) is -2.52. The lowest BCUT2D eigenvalue weighted by Gasteiger charge is -2.19. The van der Waals surface area contributed by atoms with Crippen molar-refractivity contribution in [3.63, 3.8) is 0 Å². The van der Waals surface area contributed by atoms with Crippen molar-refractivity contribution >= 4 is 13.3 Å². The molecule has 1 aromatic carbocycles. The Balaban J connectivity index is 2.61. The molecule has 1 aromatic rings. The molecule has 0 saturated heterocycles. The third-order valence-electron chi connectivity index (χ3n) is 2.32. The highest BCUT2D eigenvalue weighted by atomic mass is 31.2. The summed E-state index contributed by atoms with van der Waals surface area (Å²) in [5.41, 5.74) is 1.11. The van der Waals surface area contributed by atoms with Gasteiger partial charge in [0, 0.05) is 20.3 Å². The second kappa shape index (κ2) is 6.72. The molecule has 0 radical (unpaired) electrons. The minimum Gasteiger partial charge on any atom is -0.351 e. The average molecular weight is 269 g/mol. The topological polar surface area (TPSA) is 55.4 Å². The first-order chi connectivity index (χ1) is 8.37. The van der Waals surface area contributed by atoms with Crippen LogP contribution in [0.1, 0.15) is 12.5 Å². The van der Waals surface area contributed by atoms with Gasteiger partial charge in [-0.05, 0) is 12.0 Å². The van der Waals surface area contributed by atoms with E-state index < -0.39 is 7.37 Å². The van der Waals surface area contributed by atoms with Crippen molar-refractivity contribution in [3.05, 3.63) is 35.9 Å². The molecule has 0 aliphatic heterocycles. The Morgan fingerprint density at radius 3 is 2.44 bits per heavy atom. The van der Waals surface area contributed by atoms with Crippen LogP contribution in [-0.2, 0) is 20.3 Å². The van der Waals surface area contributed by atoms with Crippen LogP contribution >= 0.6 is 7.37 Å². The van der Waals surface area contributed by atoms with Gasteiger partial charge in [-0.25, -0.2) is 0 Å². The normalized spacial score (nSPS) is 13.1. The Labute approximate surface area is 108 Å². The zero-order valence-corrected chi connectivity index (χ0v) is 11.9. The largest absolute Gasteiger partial charge is 0.351 e. The van der Waals surface area contributed by atoms with E-state index in [0.717, 1.165) is 5.56 Å².